The number of nitrogens with one attached hydrogen (secondary N) is 1. The van der Waals surface area contributed by atoms with Crippen molar-refractivity contribution in [2.24, 2.45) is 11.1 Å². The maximum atomic E-state index is 12.7. The van der Waals surface area contributed by atoms with Gasteiger partial charge in [0.2, 0.25) is 5.91 Å². The van der Waals surface area contributed by atoms with E-state index in [4.69, 9.17) is 0 Å². The van der Waals surface area contributed by atoms with Gasteiger partial charge in [0.25, 0.3) is 0 Å². The van der Waals surface area contributed by atoms with E-state index >= 15 is 0 Å². The number of hydrogen-bond acceptors (Lipinski definition) is 4. The molecule has 2 N–H and O–H groups in total. The van der Waals surface area contributed by atoms with Gasteiger partial charge in [-0.15, -0.1) is 0 Å². The highest BCUT2D eigenvalue weighted by Gasteiger charge is 2.60. The Morgan fingerprint density at radius 1 is 1.43 bits per heavy atom. The van der Waals surface area contributed by atoms with Crippen LogP contribution in [0.2, 0.25) is 0 Å². The lowest BCUT2D eigenvalue weighted by molar-refractivity contribution is -0.355. The molecule has 1 heterocycles. The molecule has 1 atom stereocenters. The van der Waals surface area contributed by atoms with Crippen molar-refractivity contribution in [1.82, 2.24) is 5.32 Å². The van der Waals surface area contributed by atoms with Crippen LogP contribution in [-0.2, 0) is 16.2 Å². The summed E-state index contributed by atoms with van der Waals surface area (Å²) >= 11 is 0. The molecule has 1 aliphatic heterocycles. The minimum Gasteiger partial charge on any atom is -0.352 e. The number of alkyl halides is 3. The molecule has 23 heavy (non-hydrogen) atoms. The number of aliphatic hydroxyl groups is 1. The van der Waals surface area contributed by atoms with Gasteiger partial charge in [0, 0.05) is 12.5 Å². The number of carbonyl (C=O) groups is 1. The van der Waals surface area contributed by atoms with Gasteiger partial charge in [-0.05, 0) is 30.0 Å². The number of benzene rings is 1. The average molecular weight is 328 g/mol. The highest BCUT2D eigenvalue weighted by atomic mass is 19.4. The van der Waals surface area contributed by atoms with Crippen molar-refractivity contribution in [3.8, 4) is 0 Å². The SMILES string of the molecule is O=C(NCc1cccc(C2=NOC(O)(C(F)(F)F)C2)c1)C1CC1. The molecule has 3 rings (SSSR count). The third-order valence-electron chi connectivity index (χ3n) is 3.83. The smallest absolute Gasteiger partial charge is 0.352 e. The van der Waals surface area contributed by atoms with Gasteiger partial charge in [-0.1, -0.05) is 23.4 Å². The Bertz CT molecular complexity index is 656. The van der Waals surface area contributed by atoms with Crippen molar-refractivity contribution in [3.05, 3.63) is 35.4 Å². The summed E-state index contributed by atoms with van der Waals surface area (Å²) in [5.74, 6) is -3.20. The first kappa shape index (κ1) is 15.8. The van der Waals surface area contributed by atoms with E-state index in [1.807, 2.05) is 0 Å². The molecule has 1 amide bonds. The monoisotopic (exact) mass is 328 g/mol. The Morgan fingerprint density at radius 2 is 2.17 bits per heavy atom. The lowest BCUT2D eigenvalue weighted by atomic mass is 10.0. The van der Waals surface area contributed by atoms with Crippen LogP contribution in [0.5, 0.6) is 0 Å². The van der Waals surface area contributed by atoms with E-state index in [0.717, 1.165) is 18.4 Å². The van der Waals surface area contributed by atoms with Crippen LogP contribution in [-0.4, -0.2) is 28.7 Å². The van der Waals surface area contributed by atoms with Crippen LogP contribution in [0.3, 0.4) is 0 Å². The number of rotatable bonds is 4. The second-order valence-electron chi connectivity index (χ2n) is 5.78. The molecule has 1 saturated carbocycles. The standard InChI is InChI=1S/C15H15F3N2O3/c16-15(17,18)14(22)7-12(20-23-14)11-3-1-2-9(6-11)8-19-13(21)10-4-5-10/h1-3,6,10,22H,4-5,7-8H2,(H,19,21). The molecule has 0 aromatic heterocycles. The van der Waals surface area contributed by atoms with Crippen LogP contribution in [0.1, 0.15) is 30.4 Å². The molecule has 0 radical (unpaired) electrons. The van der Waals surface area contributed by atoms with Gasteiger partial charge >= 0.3 is 12.0 Å². The second-order valence-corrected chi connectivity index (χ2v) is 5.78. The minimum atomic E-state index is -4.92. The van der Waals surface area contributed by atoms with Gasteiger partial charge in [0.1, 0.15) is 0 Å². The Kier molecular flexibility index (Phi) is 3.79. The molecule has 0 saturated heterocycles. The van der Waals surface area contributed by atoms with Crippen molar-refractivity contribution < 1.29 is 27.9 Å². The van der Waals surface area contributed by atoms with Gasteiger partial charge < -0.3 is 15.3 Å². The summed E-state index contributed by atoms with van der Waals surface area (Å²) in [6.45, 7) is 0.293. The topological polar surface area (TPSA) is 70.9 Å². The molecular formula is C15H15F3N2O3. The van der Waals surface area contributed by atoms with Crippen molar-refractivity contribution in [2.75, 3.05) is 0 Å². The van der Waals surface area contributed by atoms with Gasteiger partial charge in [-0.3, -0.25) is 4.79 Å². The van der Waals surface area contributed by atoms with Gasteiger partial charge in [-0.25, -0.2) is 0 Å². The molecule has 5 nitrogen and oxygen atoms in total. The fourth-order valence-electron chi connectivity index (χ4n) is 2.27. The van der Waals surface area contributed by atoms with E-state index in [1.165, 1.54) is 0 Å². The molecule has 0 spiro atoms. The number of amides is 1. The lowest BCUT2D eigenvalue weighted by Gasteiger charge is -2.22. The summed E-state index contributed by atoms with van der Waals surface area (Å²) in [4.78, 5) is 15.8. The van der Waals surface area contributed by atoms with Gasteiger partial charge in [0.05, 0.1) is 12.1 Å². The van der Waals surface area contributed by atoms with E-state index < -0.39 is 18.4 Å². The van der Waals surface area contributed by atoms with Crippen LogP contribution in [0, 0.1) is 5.92 Å². The zero-order valence-electron chi connectivity index (χ0n) is 12.1. The third-order valence-corrected chi connectivity index (χ3v) is 3.83. The zero-order chi connectivity index (χ0) is 16.7. The van der Waals surface area contributed by atoms with Crippen molar-refractivity contribution in [3.63, 3.8) is 0 Å². The van der Waals surface area contributed by atoms with Crippen LogP contribution in [0.4, 0.5) is 13.2 Å². The van der Waals surface area contributed by atoms with Crippen LogP contribution in [0.25, 0.3) is 0 Å². The number of hydrogen-bond donors (Lipinski definition) is 2. The summed E-state index contributed by atoms with van der Waals surface area (Å²) in [6.07, 6.45) is -3.89. The molecule has 0 bridgehead atoms. The van der Waals surface area contributed by atoms with Crippen molar-refractivity contribution in [2.45, 2.75) is 37.8 Å². The fraction of sp³-hybridized carbons (Fsp3) is 0.467. The van der Waals surface area contributed by atoms with Crippen molar-refractivity contribution >= 4 is 11.6 Å². The first-order valence-electron chi connectivity index (χ1n) is 7.20. The molecule has 8 heteroatoms. The number of halogens is 3. The Balaban J connectivity index is 1.67. The summed E-state index contributed by atoms with van der Waals surface area (Å²) < 4.78 is 38.1. The van der Waals surface area contributed by atoms with E-state index in [0.29, 0.717) is 12.1 Å². The quantitative estimate of drug-likeness (QED) is 0.889. The van der Waals surface area contributed by atoms with E-state index in [2.05, 4.69) is 15.3 Å². The number of oxime groups is 1. The van der Waals surface area contributed by atoms with Gasteiger partial charge in [-0.2, -0.15) is 13.2 Å². The first-order valence-corrected chi connectivity index (χ1v) is 7.20. The largest absolute Gasteiger partial charge is 0.458 e. The summed E-state index contributed by atoms with van der Waals surface area (Å²) in [5.41, 5.74) is 1.17. The highest BCUT2D eigenvalue weighted by molar-refractivity contribution is 6.01. The second kappa shape index (κ2) is 5.52. The summed E-state index contributed by atoms with van der Waals surface area (Å²) in [6, 6.07) is 6.61. The Morgan fingerprint density at radius 3 is 2.78 bits per heavy atom. The molecule has 2 aliphatic rings. The highest BCUT2D eigenvalue weighted by Crippen LogP contribution is 2.39. The molecule has 1 unspecified atom stereocenters. The zero-order valence-corrected chi connectivity index (χ0v) is 12.1. The molecular weight excluding hydrogens is 313 g/mol. The molecule has 1 fully saturated rings. The average Bonchev–Trinajstić information content (AvgIpc) is 3.26. The maximum absolute atomic E-state index is 12.7. The van der Waals surface area contributed by atoms with Crippen LogP contribution < -0.4 is 5.32 Å². The normalized spacial score (nSPS) is 24.1. The minimum absolute atomic E-state index is 0.0108. The Labute approximate surface area is 130 Å². The predicted octanol–water partition coefficient (Wildman–Crippen LogP) is 2.09. The Hall–Kier alpha value is -2.09. The summed E-state index contributed by atoms with van der Waals surface area (Å²) in [5, 5.41) is 15.6. The fourth-order valence-corrected chi connectivity index (χ4v) is 2.27. The molecule has 1 aromatic carbocycles. The van der Waals surface area contributed by atoms with Crippen molar-refractivity contribution in [1.29, 1.82) is 0 Å². The van der Waals surface area contributed by atoms with Gasteiger partial charge in [0.15, 0.2) is 0 Å². The lowest BCUT2D eigenvalue weighted by Crippen LogP contribution is -2.45. The molecule has 1 aromatic rings. The van der Waals surface area contributed by atoms with E-state index in [-0.39, 0.29) is 17.5 Å². The maximum Gasteiger partial charge on any atom is 0.458 e. The molecule has 1 aliphatic carbocycles. The third kappa shape index (κ3) is 3.31. The van der Waals surface area contributed by atoms with E-state index in [9.17, 15) is 23.1 Å². The summed E-state index contributed by atoms with van der Waals surface area (Å²) in [7, 11) is 0. The van der Waals surface area contributed by atoms with Crippen LogP contribution >= 0.6 is 0 Å². The number of nitrogens with zero attached hydrogens (tertiary/aromatic N) is 1. The molecule has 124 valence electrons. The number of carbonyl (C=O) groups excluding carboxylic acids is 1. The first-order chi connectivity index (χ1) is 10.8. The predicted molar refractivity (Wildman–Crippen MR) is 74.3 cm³/mol. The van der Waals surface area contributed by atoms with E-state index in [1.54, 1.807) is 24.3 Å². The van der Waals surface area contributed by atoms with Crippen LogP contribution in [0.15, 0.2) is 29.4 Å².